The molecule has 2 aromatic rings. The summed E-state index contributed by atoms with van der Waals surface area (Å²) in [5.74, 6) is -1.53. The summed E-state index contributed by atoms with van der Waals surface area (Å²) in [7, 11) is 5.11. The lowest BCUT2D eigenvalue weighted by Crippen LogP contribution is -2.58. The molecule has 3 rings (SSSR count). The number of aliphatic hydroxyl groups is 1. The Morgan fingerprint density at radius 3 is 2.12 bits per heavy atom. The Bertz CT molecular complexity index is 1210. The molecular weight excluding hydrogens is 528 g/mol. The highest BCUT2D eigenvalue weighted by molar-refractivity contribution is 5.93. The smallest absolute Gasteiger partial charge is 0.243 e. The first-order valence-corrected chi connectivity index (χ1v) is 13.8. The summed E-state index contributed by atoms with van der Waals surface area (Å²) >= 11 is 0. The molecule has 1 aliphatic heterocycles. The van der Waals surface area contributed by atoms with Gasteiger partial charge in [0.05, 0.1) is 18.7 Å². The number of carbonyl (C=O) groups is 3. The third kappa shape index (κ3) is 8.64. The predicted octanol–water partition coefficient (Wildman–Crippen LogP) is -0.883. The molecule has 0 spiro atoms. The number of hydrogen-bond donors (Lipinski definition) is 9. The van der Waals surface area contributed by atoms with Crippen molar-refractivity contribution in [3.05, 3.63) is 47.5 Å². The number of hydrogen-bond acceptors (Lipinski definition) is 9. The van der Waals surface area contributed by atoms with E-state index in [4.69, 9.17) is 0 Å². The first-order chi connectivity index (χ1) is 19.7. The molecule has 3 amide bonds. The zero-order valence-electron chi connectivity index (χ0n) is 23.8. The molecule has 0 aromatic heterocycles. The molecule has 9 N–H and O–H groups in total. The Hall–Kier alpha value is -3.71. The van der Waals surface area contributed by atoms with E-state index in [1.165, 1.54) is 6.07 Å². The van der Waals surface area contributed by atoms with Crippen molar-refractivity contribution in [2.24, 2.45) is 0 Å². The van der Waals surface area contributed by atoms with Gasteiger partial charge in [0.25, 0.3) is 0 Å². The minimum atomic E-state index is -1.11. The quantitative estimate of drug-likeness (QED) is 0.164. The van der Waals surface area contributed by atoms with Gasteiger partial charge >= 0.3 is 0 Å². The minimum Gasteiger partial charge on any atom is -0.508 e. The largest absolute Gasteiger partial charge is 0.508 e. The maximum absolute atomic E-state index is 13.6. The van der Waals surface area contributed by atoms with Crippen LogP contribution in [0.15, 0.2) is 36.4 Å². The number of aliphatic hydroxyl groups excluding tert-OH is 1. The molecule has 0 fully saturated rings. The van der Waals surface area contributed by atoms with E-state index in [0.717, 1.165) is 11.1 Å². The van der Waals surface area contributed by atoms with Crippen molar-refractivity contribution in [3.8, 4) is 22.6 Å². The zero-order chi connectivity index (χ0) is 29.9. The lowest BCUT2D eigenvalue weighted by molar-refractivity contribution is -0.133. The molecule has 1 aliphatic rings. The van der Waals surface area contributed by atoms with Crippen LogP contribution in [0.2, 0.25) is 0 Å². The van der Waals surface area contributed by atoms with Gasteiger partial charge in [0.2, 0.25) is 17.7 Å². The van der Waals surface area contributed by atoms with E-state index in [1.54, 1.807) is 51.5 Å². The van der Waals surface area contributed by atoms with Gasteiger partial charge in [-0.05, 0) is 87.0 Å². The lowest BCUT2D eigenvalue weighted by atomic mass is 9.95. The Morgan fingerprint density at radius 2 is 1.56 bits per heavy atom. The molecule has 0 saturated heterocycles. The minimum absolute atomic E-state index is 0.0326. The van der Waals surface area contributed by atoms with Gasteiger partial charge in [-0.15, -0.1) is 0 Å². The molecule has 0 aliphatic carbocycles. The Kier molecular flexibility index (Phi) is 11.9. The number of fused-ring (bicyclic) bond motifs is 5. The Labute approximate surface area is 240 Å². The van der Waals surface area contributed by atoms with Crippen LogP contribution in [0.4, 0.5) is 0 Å². The predicted molar refractivity (Wildman–Crippen MR) is 155 cm³/mol. The van der Waals surface area contributed by atoms with Crippen LogP contribution in [-0.2, 0) is 27.2 Å². The molecule has 0 radical (unpaired) electrons. The molecule has 1 heterocycles. The van der Waals surface area contributed by atoms with Crippen molar-refractivity contribution in [1.29, 1.82) is 0 Å². The summed E-state index contributed by atoms with van der Waals surface area (Å²) in [6.07, 6.45) is 1.01. The highest BCUT2D eigenvalue weighted by Gasteiger charge is 2.30. The number of aromatic hydroxyl groups is 2. The monoisotopic (exact) mass is 570 g/mol. The molecule has 2 aromatic carbocycles. The van der Waals surface area contributed by atoms with Gasteiger partial charge in [-0.3, -0.25) is 14.4 Å². The van der Waals surface area contributed by atoms with E-state index in [1.807, 2.05) is 0 Å². The molecule has 0 saturated carbocycles. The number of nitrogens with one attached hydrogen (secondary N) is 6. The number of phenolic OH excluding ortho intramolecular Hbond substituents is 2. The first-order valence-electron chi connectivity index (χ1n) is 13.8. The highest BCUT2D eigenvalue weighted by atomic mass is 16.3. The van der Waals surface area contributed by atoms with Crippen molar-refractivity contribution in [2.45, 2.75) is 49.9 Å². The molecule has 4 bridgehead atoms. The highest BCUT2D eigenvalue weighted by Crippen LogP contribution is 2.31. The van der Waals surface area contributed by atoms with Gasteiger partial charge in [-0.1, -0.05) is 12.1 Å². The summed E-state index contributed by atoms with van der Waals surface area (Å²) < 4.78 is 0. The van der Waals surface area contributed by atoms with Gasteiger partial charge in [0, 0.05) is 19.4 Å². The van der Waals surface area contributed by atoms with Gasteiger partial charge in [-0.25, -0.2) is 0 Å². The number of likely N-dealkylation sites (N-methyl/N-ethyl adjacent to an activating group) is 2. The first kappa shape index (κ1) is 31.8. The van der Waals surface area contributed by atoms with E-state index >= 15 is 0 Å². The number of phenols is 2. The molecule has 224 valence electrons. The van der Waals surface area contributed by atoms with Gasteiger partial charge in [0.1, 0.15) is 23.6 Å². The van der Waals surface area contributed by atoms with Crippen LogP contribution in [0, 0.1) is 0 Å². The summed E-state index contributed by atoms with van der Waals surface area (Å²) in [6, 6.07) is 6.63. The van der Waals surface area contributed by atoms with Crippen molar-refractivity contribution < 1.29 is 29.7 Å². The van der Waals surface area contributed by atoms with Crippen LogP contribution >= 0.6 is 0 Å². The third-order valence-electron chi connectivity index (χ3n) is 7.21. The maximum Gasteiger partial charge on any atom is 0.243 e. The summed E-state index contributed by atoms with van der Waals surface area (Å²) in [5, 5.41) is 48.2. The summed E-state index contributed by atoms with van der Waals surface area (Å²) in [4.78, 5) is 40.4. The van der Waals surface area contributed by atoms with E-state index in [0.29, 0.717) is 37.1 Å². The Morgan fingerprint density at radius 1 is 0.927 bits per heavy atom. The molecule has 0 unspecified atom stereocenters. The maximum atomic E-state index is 13.6. The second-order valence-electron chi connectivity index (χ2n) is 10.3. The number of benzene rings is 2. The topological polar surface area (TPSA) is 184 Å². The van der Waals surface area contributed by atoms with Crippen molar-refractivity contribution >= 4 is 17.7 Å². The molecule has 12 nitrogen and oxygen atoms in total. The van der Waals surface area contributed by atoms with Crippen LogP contribution in [0.1, 0.15) is 24.0 Å². The molecule has 4 atom stereocenters. The average molecular weight is 571 g/mol. The molecule has 41 heavy (non-hydrogen) atoms. The van der Waals surface area contributed by atoms with Crippen molar-refractivity contribution in [2.75, 3.05) is 40.8 Å². The third-order valence-corrected chi connectivity index (χ3v) is 7.21. The summed E-state index contributed by atoms with van der Waals surface area (Å²) in [5.41, 5.74) is 2.42. The van der Waals surface area contributed by atoms with E-state index in [2.05, 4.69) is 31.9 Å². The van der Waals surface area contributed by atoms with E-state index in [9.17, 15) is 29.7 Å². The zero-order valence-corrected chi connectivity index (χ0v) is 23.8. The van der Waals surface area contributed by atoms with Crippen molar-refractivity contribution in [1.82, 2.24) is 31.9 Å². The van der Waals surface area contributed by atoms with Crippen LogP contribution in [0.25, 0.3) is 11.1 Å². The van der Waals surface area contributed by atoms with Crippen LogP contribution < -0.4 is 31.9 Å². The second kappa shape index (κ2) is 15.3. The fourth-order valence-corrected chi connectivity index (χ4v) is 4.84. The Balaban J connectivity index is 2.09. The van der Waals surface area contributed by atoms with E-state index in [-0.39, 0.29) is 30.9 Å². The van der Waals surface area contributed by atoms with Gasteiger partial charge in [-0.2, -0.15) is 0 Å². The molecule has 12 heteroatoms. The average Bonchev–Trinajstić information content (AvgIpc) is 2.96. The summed E-state index contributed by atoms with van der Waals surface area (Å²) in [6.45, 7) is 0.606. The fraction of sp³-hybridized carbons (Fsp3) is 0.483. The van der Waals surface area contributed by atoms with Crippen molar-refractivity contribution in [3.63, 3.8) is 0 Å². The van der Waals surface area contributed by atoms with Crippen LogP contribution in [-0.4, -0.2) is 98.0 Å². The number of rotatable bonds is 10. The normalized spacial score (nSPS) is 20.2. The van der Waals surface area contributed by atoms with Gasteiger partial charge < -0.3 is 47.2 Å². The van der Waals surface area contributed by atoms with Crippen LogP contribution in [0.5, 0.6) is 11.5 Å². The van der Waals surface area contributed by atoms with Gasteiger partial charge in [0.15, 0.2) is 0 Å². The lowest BCUT2D eigenvalue weighted by Gasteiger charge is -2.26. The molecular formula is C29H42N6O6. The number of amides is 3. The SMILES string of the molecule is CNCCC[C@@H]1NC(=O)[C@@H](NC)Cc2cc(ccc2O)-c2ccc(O)c(c2)C[C@@H](C(=O)N[C@H](CO)CNC)NC1=O. The standard InChI is InChI=1S/C29H42N6O6/c1-30-10-4-5-22-27(39)35-24(29(41)33-21(16-36)15-31-2)14-20-12-18(7-9-26(20)38)17-6-8-25(37)19(11-17)13-23(32-3)28(40)34-22/h6-9,11-12,21-24,30-32,36-38H,4-5,10,13-16H2,1-3H3,(H,33,41)(H,34,40)(H,35,39)/t21-,22-,23-,24-/m0/s1. The van der Waals surface area contributed by atoms with Crippen LogP contribution in [0.3, 0.4) is 0 Å². The fourth-order valence-electron chi connectivity index (χ4n) is 4.84. The number of carbonyl (C=O) groups excluding carboxylic acids is 3. The second-order valence-corrected chi connectivity index (χ2v) is 10.3. The van der Waals surface area contributed by atoms with E-state index < -0.39 is 41.9 Å².